The molecule has 1 aromatic heterocycles. The molecule has 1 heterocycles. The fourth-order valence-corrected chi connectivity index (χ4v) is 4.44. The zero-order valence-corrected chi connectivity index (χ0v) is 20.0. The van der Waals surface area contributed by atoms with Crippen molar-refractivity contribution in [2.45, 2.75) is 13.8 Å². The third-order valence-electron chi connectivity index (χ3n) is 5.28. The number of rotatable bonds is 8. The summed E-state index contributed by atoms with van der Waals surface area (Å²) in [5.74, 6) is -0.774. The van der Waals surface area contributed by atoms with Gasteiger partial charge in [0.2, 0.25) is 0 Å². The summed E-state index contributed by atoms with van der Waals surface area (Å²) in [4.78, 5) is 27.7. The van der Waals surface area contributed by atoms with Crippen LogP contribution < -0.4 is 5.32 Å². The molecule has 0 fully saturated rings. The van der Waals surface area contributed by atoms with E-state index in [2.05, 4.69) is 5.32 Å². The minimum absolute atomic E-state index is 0.0673. The zero-order chi connectivity index (χ0) is 24.2. The van der Waals surface area contributed by atoms with Crippen LogP contribution in [0, 0.1) is 0 Å². The van der Waals surface area contributed by atoms with Gasteiger partial charge >= 0.3 is 10.2 Å². The van der Waals surface area contributed by atoms with Crippen LogP contribution in [-0.4, -0.2) is 60.6 Å². The highest BCUT2D eigenvalue weighted by Gasteiger charge is 2.23. The Morgan fingerprint density at radius 1 is 0.970 bits per heavy atom. The Hall–Kier alpha value is -3.43. The summed E-state index contributed by atoms with van der Waals surface area (Å²) >= 11 is 0. The van der Waals surface area contributed by atoms with Gasteiger partial charge in [-0.25, -0.2) is 3.97 Å². The lowest BCUT2D eigenvalue weighted by molar-refractivity contribution is -0.127. The van der Waals surface area contributed by atoms with E-state index in [0.29, 0.717) is 35.1 Å². The van der Waals surface area contributed by atoms with E-state index in [1.165, 1.54) is 30.3 Å². The lowest BCUT2D eigenvalue weighted by Gasteiger charge is -2.21. The van der Waals surface area contributed by atoms with E-state index < -0.39 is 16.1 Å². The molecule has 0 aliphatic rings. The van der Waals surface area contributed by atoms with Gasteiger partial charge in [-0.2, -0.15) is 12.7 Å². The summed E-state index contributed by atoms with van der Waals surface area (Å²) < 4.78 is 28.0. The van der Waals surface area contributed by atoms with Crippen LogP contribution >= 0.6 is 0 Å². The minimum Gasteiger partial charge on any atom is -0.338 e. The molecule has 2 amide bonds. The van der Waals surface area contributed by atoms with Crippen LogP contribution in [0.4, 0.5) is 0 Å². The van der Waals surface area contributed by atoms with Gasteiger partial charge in [0.05, 0.1) is 5.52 Å². The summed E-state index contributed by atoms with van der Waals surface area (Å²) in [7, 11) is -0.886. The first-order chi connectivity index (χ1) is 15.7. The molecule has 0 saturated heterocycles. The number of fused-ring (bicyclic) bond motifs is 1. The van der Waals surface area contributed by atoms with Crippen molar-refractivity contribution in [3.05, 3.63) is 77.6 Å². The van der Waals surface area contributed by atoms with Gasteiger partial charge in [0.15, 0.2) is 0 Å². The standard InChI is InChI=1S/C24H28N4O4S/c1-5-27(6-2)24(30)21(25-23(29)18-12-8-7-9-13-18)16-19-17-28(33(31,32)26(3)4)22-15-11-10-14-20(19)22/h7-17H,5-6H2,1-4H3,(H,25,29)/b21-16-. The molecule has 3 rings (SSSR count). The van der Waals surface area contributed by atoms with Crippen molar-refractivity contribution in [1.82, 2.24) is 18.5 Å². The van der Waals surface area contributed by atoms with Crippen molar-refractivity contribution in [2.75, 3.05) is 27.2 Å². The van der Waals surface area contributed by atoms with E-state index >= 15 is 0 Å². The Labute approximate surface area is 194 Å². The molecular formula is C24H28N4O4S. The molecule has 8 nitrogen and oxygen atoms in total. The van der Waals surface area contributed by atoms with Crippen molar-refractivity contribution < 1.29 is 18.0 Å². The second-order valence-corrected chi connectivity index (χ2v) is 9.56. The highest BCUT2D eigenvalue weighted by atomic mass is 32.2. The Balaban J connectivity index is 2.16. The van der Waals surface area contributed by atoms with Crippen LogP contribution in [0.1, 0.15) is 29.8 Å². The van der Waals surface area contributed by atoms with E-state index in [9.17, 15) is 18.0 Å². The molecule has 0 saturated carbocycles. The predicted molar refractivity (Wildman–Crippen MR) is 130 cm³/mol. The van der Waals surface area contributed by atoms with E-state index in [1.807, 2.05) is 13.8 Å². The lowest BCUT2D eigenvalue weighted by atomic mass is 10.1. The number of nitrogens with one attached hydrogen (secondary N) is 1. The molecule has 33 heavy (non-hydrogen) atoms. The Morgan fingerprint density at radius 2 is 1.58 bits per heavy atom. The number of nitrogens with zero attached hydrogens (tertiary/aromatic N) is 3. The summed E-state index contributed by atoms with van der Waals surface area (Å²) in [6, 6.07) is 15.6. The van der Waals surface area contributed by atoms with Gasteiger partial charge in [-0.05, 0) is 38.1 Å². The average Bonchev–Trinajstić information content (AvgIpc) is 3.19. The van der Waals surface area contributed by atoms with Crippen LogP contribution in [0.25, 0.3) is 17.0 Å². The first-order valence-electron chi connectivity index (χ1n) is 10.6. The molecule has 1 N–H and O–H groups in total. The molecular weight excluding hydrogens is 440 g/mol. The van der Waals surface area contributed by atoms with Crippen molar-refractivity contribution in [3.63, 3.8) is 0 Å². The van der Waals surface area contributed by atoms with E-state index in [1.54, 1.807) is 59.5 Å². The molecule has 0 aliphatic carbocycles. The number of hydrogen-bond acceptors (Lipinski definition) is 4. The summed E-state index contributed by atoms with van der Waals surface area (Å²) in [6.07, 6.45) is 3.00. The van der Waals surface area contributed by atoms with Crippen LogP contribution in [0.15, 0.2) is 66.5 Å². The summed E-state index contributed by atoms with van der Waals surface area (Å²) in [5.41, 5.74) is 1.45. The second-order valence-electron chi connectivity index (χ2n) is 7.54. The van der Waals surface area contributed by atoms with E-state index in [4.69, 9.17) is 0 Å². The number of likely N-dealkylation sites (N-methyl/N-ethyl adjacent to an activating group) is 1. The number of amides is 2. The molecule has 0 bridgehead atoms. The molecule has 0 aliphatic heterocycles. The van der Waals surface area contributed by atoms with Crippen molar-refractivity contribution in [3.8, 4) is 0 Å². The zero-order valence-electron chi connectivity index (χ0n) is 19.1. The maximum absolute atomic E-state index is 13.2. The van der Waals surface area contributed by atoms with Gasteiger partial charge in [0.25, 0.3) is 11.8 Å². The van der Waals surface area contributed by atoms with Gasteiger partial charge in [0, 0.05) is 49.9 Å². The monoisotopic (exact) mass is 468 g/mol. The van der Waals surface area contributed by atoms with Crippen LogP contribution in [0.2, 0.25) is 0 Å². The van der Waals surface area contributed by atoms with Crippen LogP contribution in [0.3, 0.4) is 0 Å². The smallest absolute Gasteiger partial charge is 0.307 e. The Morgan fingerprint density at radius 3 is 2.18 bits per heavy atom. The number of aromatic nitrogens is 1. The normalized spacial score (nSPS) is 12.2. The third kappa shape index (κ3) is 4.99. The molecule has 0 unspecified atom stereocenters. The van der Waals surface area contributed by atoms with Gasteiger partial charge in [0.1, 0.15) is 5.70 Å². The first-order valence-corrected chi connectivity index (χ1v) is 12.0. The Kier molecular flexibility index (Phi) is 7.35. The Bertz CT molecular complexity index is 1290. The summed E-state index contributed by atoms with van der Waals surface area (Å²) in [6.45, 7) is 4.64. The predicted octanol–water partition coefficient (Wildman–Crippen LogP) is 2.94. The van der Waals surface area contributed by atoms with E-state index in [0.717, 1.165) is 4.31 Å². The van der Waals surface area contributed by atoms with Gasteiger partial charge in [-0.1, -0.05) is 36.4 Å². The molecule has 9 heteroatoms. The number of benzene rings is 2. The molecule has 0 spiro atoms. The van der Waals surface area contributed by atoms with Crippen LogP contribution in [-0.2, 0) is 15.0 Å². The molecule has 2 aromatic carbocycles. The van der Waals surface area contributed by atoms with Gasteiger partial charge in [-0.15, -0.1) is 0 Å². The average molecular weight is 469 g/mol. The molecule has 3 aromatic rings. The lowest BCUT2D eigenvalue weighted by Crippen LogP contribution is -2.38. The first kappa shape index (κ1) is 24.2. The number of carbonyl (C=O) groups excluding carboxylic acids is 2. The highest BCUT2D eigenvalue weighted by Crippen LogP contribution is 2.26. The second kappa shape index (κ2) is 10.0. The highest BCUT2D eigenvalue weighted by molar-refractivity contribution is 7.87. The summed E-state index contributed by atoms with van der Waals surface area (Å²) in [5, 5.41) is 3.37. The van der Waals surface area contributed by atoms with E-state index in [-0.39, 0.29) is 11.6 Å². The van der Waals surface area contributed by atoms with Crippen molar-refractivity contribution >= 4 is 39.0 Å². The quantitative estimate of drug-likeness (QED) is 0.515. The largest absolute Gasteiger partial charge is 0.338 e. The fraction of sp³-hybridized carbons (Fsp3) is 0.250. The number of carbonyl (C=O) groups is 2. The van der Waals surface area contributed by atoms with Gasteiger partial charge < -0.3 is 10.2 Å². The van der Waals surface area contributed by atoms with Crippen molar-refractivity contribution in [1.29, 1.82) is 0 Å². The van der Waals surface area contributed by atoms with Crippen molar-refractivity contribution in [2.24, 2.45) is 0 Å². The molecule has 174 valence electrons. The third-order valence-corrected chi connectivity index (χ3v) is 7.01. The number of hydrogen-bond donors (Lipinski definition) is 1. The fourth-order valence-electron chi connectivity index (χ4n) is 3.43. The molecule has 0 atom stereocenters. The minimum atomic E-state index is -3.79. The SMILES string of the molecule is CCN(CC)C(=O)/C(=C/c1cn(S(=O)(=O)N(C)C)c2ccccc12)NC(=O)c1ccccc1. The maximum Gasteiger partial charge on any atom is 0.307 e. The molecule has 0 radical (unpaired) electrons. The maximum atomic E-state index is 13.2. The topological polar surface area (TPSA) is 91.7 Å². The van der Waals surface area contributed by atoms with Crippen LogP contribution in [0.5, 0.6) is 0 Å². The number of para-hydroxylation sites is 1. The van der Waals surface area contributed by atoms with Gasteiger partial charge in [-0.3, -0.25) is 9.59 Å².